The molecule has 3 heteroatoms. The molecule has 1 unspecified atom stereocenters. The van der Waals surface area contributed by atoms with Gasteiger partial charge in [0.15, 0.2) is 0 Å². The highest BCUT2D eigenvalue weighted by molar-refractivity contribution is 6.31. The van der Waals surface area contributed by atoms with Crippen LogP contribution in [0.3, 0.4) is 0 Å². The van der Waals surface area contributed by atoms with E-state index < -0.39 is 0 Å². The first kappa shape index (κ1) is 13.6. The average Bonchev–Trinajstić information content (AvgIpc) is 2.75. The molecule has 0 spiro atoms. The molecule has 0 N–H and O–H groups in total. The molecule has 0 saturated heterocycles. The van der Waals surface area contributed by atoms with Crippen LogP contribution in [-0.4, -0.2) is 24.3 Å². The largest absolute Gasteiger partial charge is 0.302 e. The van der Waals surface area contributed by atoms with Crippen LogP contribution in [0.15, 0.2) is 24.3 Å². The van der Waals surface area contributed by atoms with Crippen LogP contribution in [0.25, 0.3) is 0 Å². The molecule has 2 nitrogen and oxygen atoms in total. The normalized spacial score (nSPS) is 19.7. The van der Waals surface area contributed by atoms with Crippen molar-refractivity contribution in [2.24, 2.45) is 5.92 Å². The fourth-order valence-corrected chi connectivity index (χ4v) is 2.76. The quantitative estimate of drug-likeness (QED) is 0.812. The smallest absolute Gasteiger partial charge is 0.136 e. The van der Waals surface area contributed by atoms with Crippen molar-refractivity contribution in [2.75, 3.05) is 13.6 Å². The lowest BCUT2D eigenvalue weighted by molar-refractivity contribution is -0.120. The van der Waals surface area contributed by atoms with Gasteiger partial charge in [0.25, 0.3) is 0 Å². The minimum absolute atomic E-state index is 0.304. The Balaban J connectivity index is 1.80. The highest BCUT2D eigenvalue weighted by Crippen LogP contribution is 2.24. The molecule has 1 saturated carbocycles. The second-order valence-electron chi connectivity index (χ2n) is 5.17. The van der Waals surface area contributed by atoms with Gasteiger partial charge in [0.05, 0.1) is 0 Å². The summed E-state index contributed by atoms with van der Waals surface area (Å²) in [5.74, 6) is 0.764. The Morgan fingerprint density at radius 3 is 2.83 bits per heavy atom. The summed E-state index contributed by atoms with van der Waals surface area (Å²) in [5, 5.41) is 0.821. The van der Waals surface area contributed by atoms with Gasteiger partial charge >= 0.3 is 0 Å². The van der Waals surface area contributed by atoms with Crippen molar-refractivity contribution in [3.63, 3.8) is 0 Å². The predicted octanol–water partition coefficient (Wildman–Crippen LogP) is 3.53. The van der Waals surface area contributed by atoms with Crippen molar-refractivity contribution in [3.8, 4) is 0 Å². The number of Topliss-reactive ketones (excluding diaryl/α,β-unsaturated/α-hetero) is 1. The molecule has 1 aliphatic rings. The molecule has 18 heavy (non-hydrogen) atoms. The molecule has 0 radical (unpaired) electrons. The summed E-state index contributed by atoms with van der Waals surface area (Å²) in [7, 11) is 2.09. The van der Waals surface area contributed by atoms with E-state index in [2.05, 4.69) is 18.0 Å². The Bertz CT molecular complexity index is 419. The van der Waals surface area contributed by atoms with E-state index in [1.165, 1.54) is 0 Å². The van der Waals surface area contributed by atoms with Gasteiger partial charge in [-0.1, -0.05) is 29.8 Å². The minimum atomic E-state index is 0.304. The predicted molar refractivity (Wildman–Crippen MR) is 74.8 cm³/mol. The van der Waals surface area contributed by atoms with Crippen molar-refractivity contribution < 1.29 is 4.79 Å². The lowest BCUT2D eigenvalue weighted by Crippen LogP contribution is -2.22. The number of ketones is 1. The summed E-state index contributed by atoms with van der Waals surface area (Å²) < 4.78 is 0. The fraction of sp³-hybridized carbons (Fsp3) is 0.533. The van der Waals surface area contributed by atoms with Crippen LogP contribution in [0, 0.1) is 5.92 Å². The van der Waals surface area contributed by atoms with Crippen molar-refractivity contribution in [1.29, 1.82) is 0 Å². The number of benzene rings is 1. The van der Waals surface area contributed by atoms with Gasteiger partial charge in [-0.25, -0.2) is 0 Å². The standard InChI is InChI=1S/C15H20ClNO/c1-17(10-9-12-6-4-8-15(12)18)11-13-5-2-3-7-14(13)16/h2-3,5,7,12H,4,6,8-11H2,1H3. The summed E-state index contributed by atoms with van der Waals surface area (Å²) in [6.07, 6.45) is 3.94. The molecule has 1 aromatic rings. The highest BCUT2D eigenvalue weighted by Gasteiger charge is 2.24. The molecule has 1 aromatic carbocycles. The van der Waals surface area contributed by atoms with Crippen LogP contribution >= 0.6 is 11.6 Å². The maximum Gasteiger partial charge on any atom is 0.136 e. The van der Waals surface area contributed by atoms with E-state index in [0.717, 1.165) is 49.4 Å². The molecule has 2 rings (SSSR count). The van der Waals surface area contributed by atoms with Crippen LogP contribution in [0.2, 0.25) is 5.02 Å². The number of hydrogen-bond donors (Lipinski definition) is 0. The zero-order valence-electron chi connectivity index (χ0n) is 10.9. The van der Waals surface area contributed by atoms with Crippen LogP contribution < -0.4 is 0 Å². The third-order valence-corrected chi connectivity index (χ3v) is 4.06. The first-order valence-electron chi connectivity index (χ1n) is 6.61. The number of nitrogens with zero attached hydrogens (tertiary/aromatic N) is 1. The van der Waals surface area contributed by atoms with Crippen molar-refractivity contribution >= 4 is 17.4 Å². The van der Waals surface area contributed by atoms with E-state index in [1.807, 2.05) is 18.2 Å². The van der Waals surface area contributed by atoms with E-state index in [4.69, 9.17) is 11.6 Å². The van der Waals surface area contributed by atoms with Gasteiger partial charge < -0.3 is 4.90 Å². The van der Waals surface area contributed by atoms with Gasteiger partial charge in [-0.2, -0.15) is 0 Å². The maximum absolute atomic E-state index is 11.6. The Kier molecular flexibility index (Phi) is 4.79. The number of rotatable bonds is 5. The Labute approximate surface area is 114 Å². The van der Waals surface area contributed by atoms with E-state index in [-0.39, 0.29) is 0 Å². The van der Waals surface area contributed by atoms with Gasteiger partial charge in [-0.05, 0) is 44.5 Å². The van der Waals surface area contributed by atoms with E-state index in [9.17, 15) is 4.79 Å². The molecule has 0 bridgehead atoms. The molecule has 1 aliphatic carbocycles. The summed E-state index contributed by atoms with van der Waals surface area (Å²) in [5.41, 5.74) is 1.15. The molecule has 0 aromatic heterocycles. The van der Waals surface area contributed by atoms with Crippen molar-refractivity contribution in [3.05, 3.63) is 34.9 Å². The summed E-state index contributed by atoms with van der Waals surface area (Å²) >= 11 is 6.14. The second kappa shape index (κ2) is 6.35. The number of carbonyl (C=O) groups is 1. The molecule has 1 atom stereocenters. The second-order valence-corrected chi connectivity index (χ2v) is 5.58. The zero-order valence-corrected chi connectivity index (χ0v) is 11.6. The van der Waals surface area contributed by atoms with E-state index >= 15 is 0 Å². The summed E-state index contributed by atoms with van der Waals surface area (Å²) in [4.78, 5) is 13.8. The van der Waals surface area contributed by atoms with Gasteiger partial charge in [-0.15, -0.1) is 0 Å². The lowest BCUT2D eigenvalue weighted by atomic mass is 10.0. The SMILES string of the molecule is CN(CCC1CCCC1=O)Cc1ccccc1Cl. The summed E-state index contributed by atoms with van der Waals surface area (Å²) in [6.45, 7) is 1.81. The van der Waals surface area contributed by atoms with Gasteiger partial charge in [-0.3, -0.25) is 4.79 Å². The summed E-state index contributed by atoms with van der Waals surface area (Å²) in [6, 6.07) is 7.93. The third kappa shape index (κ3) is 3.56. The topological polar surface area (TPSA) is 20.3 Å². The minimum Gasteiger partial charge on any atom is -0.302 e. The van der Waals surface area contributed by atoms with Crippen LogP contribution in [-0.2, 0) is 11.3 Å². The van der Waals surface area contributed by atoms with Crippen molar-refractivity contribution in [1.82, 2.24) is 4.90 Å². The molecule has 0 aliphatic heterocycles. The maximum atomic E-state index is 11.6. The number of carbonyl (C=O) groups excluding carboxylic acids is 1. The first-order valence-corrected chi connectivity index (χ1v) is 6.99. The highest BCUT2D eigenvalue weighted by atomic mass is 35.5. The van der Waals surface area contributed by atoms with Crippen LogP contribution in [0.1, 0.15) is 31.2 Å². The number of hydrogen-bond acceptors (Lipinski definition) is 2. The molecule has 0 amide bonds. The molecular weight excluding hydrogens is 246 g/mol. The monoisotopic (exact) mass is 265 g/mol. The van der Waals surface area contributed by atoms with Gasteiger partial charge in [0, 0.05) is 23.9 Å². The van der Waals surface area contributed by atoms with Crippen molar-refractivity contribution in [2.45, 2.75) is 32.2 Å². The van der Waals surface area contributed by atoms with E-state index in [1.54, 1.807) is 0 Å². The van der Waals surface area contributed by atoms with E-state index in [0.29, 0.717) is 11.7 Å². The number of halogens is 1. The molecule has 98 valence electrons. The van der Waals surface area contributed by atoms with Gasteiger partial charge in [0.2, 0.25) is 0 Å². The zero-order chi connectivity index (χ0) is 13.0. The van der Waals surface area contributed by atoms with Gasteiger partial charge in [0.1, 0.15) is 5.78 Å². The van der Waals surface area contributed by atoms with Crippen LogP contribution in [0.4, 0.5) is 0 Å². The average molecular weight is 266 g/mol. The van der Waals surface area contributed by atoms with Crippen LogP contribution in [0.5, 0.6) is 0 Å². The third-order valence-electron chi connectivity index (χ3n) is 3.69. The Morgan fingerprint density at radius 1 is 1.39 bits per heavy atom. The molecule has 0 heterocycles. The first-order chi connectivity index (χ1) is 8.66. The Morgan fingerprint density at radius 2 is 2.17 bits per heavy atom. The molecule has 1 fully saturated rings. The fourth-order valence-electron chi connectivity index (χ4n) is 2.57. The Hall–Kier alpha value is -0.860. The molecular formula is C15H20ClNO. The lowest BCUT2D eigenvalue weighted by Gasteiger charge is -2.19.